The van der Waals surface area contributed by atoms with Crippen LogP contribution in [0.1, 0.15) is 24.8 Å². The number of aromatic amines is 1. The van der Waals surface area contributed by atoms with Gasteiger partial charge in [0.2, 0.25) is 11.8 Å². The Morgan fingerprint density at radius 1 is 1.32 bits per heavy atom. The van der Waals surface area contributed by atoms with Gasteiger partial charge in [-0.15, -0.1) is 0 Å². The molecule has 2 aromatic rings. The number of nitrogens with two attached hydrogens (primary N) is 1. The Balaban J connectivity index is 1.61. The SMILES string of the molecule is NC(=O)[C@@H]1CCCN(C(=O)CCc2c[nH]c3ccccc23)C1. The molecule has 5 nitrogen and oxygen atoms in total. The summed E-state index contributed by atoms with van der Waals surface area (Å²) >= 11 is 0. The standard InChI is InChI=1S/C17H21N3O2/c18-17(22)13-4-3-9-20(11-13)16(21)8-7-12-10-19-15-6-2-1-5-14(12)15/h1-2,5-6,10,13,19H,3-4,7-9,11H2,(H2,18,22)/t13-/m1/s1. The van der Waals surface area contributed by atoms with Gasteiger partial charge in [-0.05, 0) is 30.9 Å². The van der Waals surface area contributed by atoms with E-state index >= 15 is 0 Å². The summed E-state index contributed by atoms with van der Waals surface area (Å²) in [5.41, 5.74) is 7.62. The molecule has 0 saturated carbocycles. The van der Waals surface area contributed by atoms with E-state index in [1.54, 1.807) is 4.90 Å². The molecule has 1 aromatic carbocycles. The van der Waals surface area contributed by atoms with Crippen molar-refractivity contribution < 1.29 is 9.59 Å². The maximum Gasteiger partial charge on any atom is 0.222 e. The number of likely N-dealkylation sites (tertiary alicyclic amines) is 1. The molecule has 2 amide bonds. The van der Waals surface area contributed by atoms with Crippen LogP contribution < -0.4 is 5.73 Å². The van der Waals surface area contributed by atoms with E-state index in [0.717, 1.165) is 30.5 Å². The van der Waals surface area contributed by atoms with E-state index in [2.05, 4.69) is 11.1 Å². The predicted octanol–water partition coefficient (Wildman–Crippen LogP) is 1.82. The van der Waals surface area contributed by atoms with Gasteiger partial charge in [0, 0.05) is 36.6 Å². The molecule has 3 rings (SSSR count). The van der Waals surface area contributed by atoms with Crippen LogP contribution in [0.25, 0.3) is 10.9 Å². The van der Waals surface area contributed by atoms with Crippen LogP contribution in [0.4, 0.5) is 0 Å². The topological polar surface area (TPSA) is 79.2 Å². The minimum atomic E-state index is -0.297. The zero-order valence-corrected chi connectivity index (χ0v) is 12.5. The van der Waals surface area contributed by atoms with E-state index in [1.165, 1.54) is 5.39 Å². The van der Waals surface area contributed by atoms with Crippen LogP contribution in [-0.4, -0.2) is 34.8 Å². The van der Waals surface area contributed by atoms with Crippen molar-refractivity contribution in [1.82, 2.24) is 9.88 Å². The van der Waals surface area contributed by atoms with Gasteiger partial charge in [0.15, 0.2) is 0 Å². The zero-order chi connectivity index (χ0) is 15.5. The second-order valence-corrected chi connectivity index (χ2v) is 5.94. The molecular formula is C17H21N3O2. The van der Waals surface area contributed by atoms with Crippen molar-refractivity contribution in [3.63, 3.8) is 0 Å². The highest BCUT2D eigenvalue weighted by Gasteiger charge is 2.26. The molecule has 0 aliphatic carbocycles. The van der Waals surface area contributed by atoms with Crippen molar-refractivity contribution in [2.24, 2.45) is 11.7 Å². The minimum Gasteiger partial charge on any atom is -0.369 e. The fraction of sp³-hybridized carbons (Fsp3) is 0.412. The van der Waals surface area contributed by atoms with Gasteiger partial charge in [0.05, 0.1) is 5.92 Å². The number of amides is 2. The molecule has 0 unspecified atom stereocenters. The number of fused-ring (bicyclic) bond motifs is 1. The van der Waals surface area contributed by atoms with Crippen LogP contribution in [-0.2, 0) is 16.0 Å². The normalized spacial score (nSPS) is 18.5. The summed E-state index contributed by atoms with van der Waals surface area (Å²) in [6.07, 6.45) is 4.79. The molecule has 0 radical (unpaired) electrons. The third kappa shape index (κ3) is 2.98. The monoisotopic (exact) mass is 299 g/mol. The molecule has 5 heteroatoms. The summed E-state index contributed by atoms with van der Waals surface area (Å²) in [6, 6.07) is 8.09. The number of aryl methyl sites for hydroxylation is 1. The summed E-state index contributed by atoms with van der Waals surface area (Å²) in [5, 5.41) is 1.17. The van der Waals surface area contributed by atoms with Crippen LogP contribution >= 0.6 is 0 Å². The van der Waals surface area contributed by atoms with Crippen molar-refractivity contribution in [3.8, 4) is 0 Å². The number of para-hydroxylation sites is 1. The van der Waals surface area contributed by atoms with Crippen molar-refractivity contribution in [3.05, 3.63) is 36.0 Å². The third-order valence-electron chi connectivity index (χ3n) is 4.46. The van der Waals surface area contributed by atoms with Crippen molar-refractivity contribution in [2.75, 3.05) is 13.1 Å². The average molecular weight is 299 g/mol. The largest absolute Gasteiger partial charge is 0.369 e. The van der Waals surface area contributed by atoms with Gasteiger partial charge in [-0.3, -0.25) is 9.59 Å². The van der Waals surface area contributed by atoms with Crippen molar-refractivity contribution in [1.29, 1.82) is 0 Å². The summed E-state index contributed by atoms with van der Waals surface area (Å²) in [7, 11) is 0. The van der Waals surface area contributed by atoms with Gasteiger partial charge in [-0.1, -0.05) is 18.2 Å². The quantitative estimate of drug-likeness (QED) is 0.903. The fourth-order valence-electron chi connectivity index (χ4n) is 3.17. The number of hydrogen-bond donors (Lipinski definition) is 2. The van der Waals surface area contributed by atoms with Gasteiger partial charge in [-0.25, -0.2) is 0 Å². The third-order valence-corrected chi connectivity index (χ3v) is 4.46. The van der Waals surface area contributed by atoms with E-state index < -0.39 is 0 Å². The lowest BCUT2D eigenvalue weighted by atomic mass is 9.97. The van der Waals surface area contributed by atoms with Gasteiger partial charge >= 0.3 is 0 Å². The highest BCUT2D eigenvalue weighted by atomic mass is 16.2. The van der Waals surface area contributed by atoms with E-state index in [9.17, 15) is 9.59 Å². The number of hydrogen-bond acceptors (Lipinski definition) is 2. The van der Waals surface area contributed by atoms with Crippen molar-refractivity contribution in [2.45, 2.75) is 25.7 Å². The molecule has 3 N–H and O–H groups in total. The number of primary amides is 1. The van der Waals surface area contributed by atoms with Crippen LogP contribution in [0.15, 0.2) is 30.5 Å². The number of H-pyrrole nitrogens is 1. The first-order chi connectivity index (χ1) is 10.6. The van der Waals surface area contributed by atoms with Crippen LogP contribution in [0.5, 0.6) is 0 Å². The number of rotatable bonds is 4. The lowest BCUT2D eigenvalue weighted by Crippen LogP contribution is -2.44. The molecule has 1 saturated heterocycles. The summed E-state index contributed by atoms with van der Waals surface area (Å²) in [4.78, 5) is 28.7. The van der Waals surface area contributed by atoms with Crippen LogP contribution in [0, 0.1) is 5.92 Å². The van der Waals surface area contributed by atoms with Gasteiger partial charge in [0.25, 0.3) is 0 Å². The molecule has 1 aromatic heterocycles. The molecule has 0 bridgehead atoms. The molecule has 22 heavy (non-hydrogen) atoms. The molecule has 1 aliphatic rings. The highest BCUT2D eigenvalue weighted by molar-refractivity contribution is 5.84. The summed E-state index contributed by atoms with van der Waals surface area (Å²) in [5.74, 6) is -0.379. The fourth-order valence-corrected chi connectivity index (χ4v) is 3.17. The van der Waals surface area contributed by atoms with Gasteiger partial charge < -0.3 is 15.6 Å². The van der Waals surface area contributed by atoms with E-state index in [1.807, 2.05) is 24.4 Å². The molecule has 116 valence electrons. The Morgan fingerprint density at radius 2 is 2.14 bits per heavy atom. The first-order valence-electron chi connectivity index (χ1n) is 7.77. The highest BCUT2D eigenvalue weighted by Crippen LogP contribution is 2.21. The smallest absolute Gasteiger partial charge is 0.222 e. The Kier molecular flexibility index (Phi) is 4.13. The number of nitrogens with zero attached hydrogens (tertiary/aromatic N) is 1. The second-order valence-electron chi connectivity index (χ2n) is 5.94. The molecule has 1 atom stereocenters. The Bertz CT molecular complexity index is 692. The molecule has 1 fully saturated rings. The summed E-state index contributed by atoms with van der Waals surface area (Å²) in [6.45, 7) is 1.21. The number of carbonyl (C=O) groups is 2. The predicted molar refractivity (Wildman–Crippen MR) is 85.1 cm³/mol. The molecule has 2 heterocycles. The van der Waals surface area contributed by atoms with Crippen LogP contribution in [0.3, 0.4) is 0 Å². The molecule has 0 spiro atoms. The average Bonchev–Trinajstić information content (AvgIpc) is 2.96. The first-order valence-corrected chi connectivity index (χ1v) is 7.77. The molecular weight excluding hydrogens is 278 g/mol. The number of aromatic nitrogens is 1. The van der Waals surface area contributed by atoms with E-state index in [-0.39, 0.29) is 17.7 Å². The number of nitrogens with one attached hydrogen (secondary N) is 1. The zero-order valence-electron chi connectivity index (χ0n) is 12.5. The number of carbonyl (C=O) groups excluding carboxylic acids is 2. The minimum absolute atomic E-state index is 0.108. The van der Waals surface area contributed by atoms with Crippen LogP contribution in [0.2, 0.25) is 0 Å². The molecule has 1 aliphatic heterocycles. The maximum absolute atomic E-state index is 12.4. The lowest BCUT2D eigenvalue weighted by molar-refractivity contribution is -0.134. The Morgan fingerprint density at radius 3 is 2.95 bits per heavy atom. The Labute approximate surface area is 129 Å². The number of piperidine rings is 1. The van der Waals surface area contributed by atoms with E-state index in [4.69, 9.17) is 5.73 Å². The first kappa shape index (κ1) is 14.6. The van der Waals surface area contributed by atoms with Crippen molar-refractivity contribution >= 4 is 22.7 Å². The Hall–Kier alpha value is -2.30. The second kappa shape index (κ2) is 6.22. The number of benzene rings is 1. The van der Waals surface area contributed by atoms with Gasteiger partial charge in [-0.2, -0.15) is 0 Å². The summed E-state index contributed by atoms with van der Waals surface area (Å²) < 4.78 is 0. The van der Waals surface area contributed by atoms with E-state index in [0.29, 0.717) is 19.4 Å². The van der Waals surface area contributed by atoms with Gasteiger partial charge in [0.1, 0.15) is 0 Å². The lowest BCUT2D eigenvalue weighted by Gasteiger charge is -2.31. The maximum atomic E-state index is 12.4.